The van der Waals surface area contributed by atoms with Crippen LogP contribution in [0.4, 0.5) is 11.4 Å². The topological polar surface area (TPSA) is 43.2 Å². The summed E-state index contributed by atoms with van der Waals surface area (Å²) in [5.74, 6) is 2.32. The molecule has 0 aliphatic rings. The van der Waals surface area contributed by atoms with Crippen molar-refractivity contribution in [3.63, 3.8) is 0 Å². The van der Waals surface area contributed by atoms with Crippen LogP contribution in [-0.2, 0) is 0 Å². The minimum absolute atomic E-state index is 0.404. The first kappa shape index (κ1) is 38.3. The van der Waals surface area contributed by atoms with E-state index in [0.29, 0.717) is 5.92 Å². The smallest absolute Gasteiger partial charge is 0.122 e. The van der Waals surface area contributed by atoms with E-state index in [1.165, 1.54) is 106 Å². The standard InChI is InChI=1S/C43H64N2O2/c1-6-9-11-12-13-14-15-16-17-18-19-20-21-22-32-47-43-30-26-39(34-42(43)35(4)8-3)45-44-38-25-29-41(36(5)33-38)37-23-27-40(28-24-37)46-31-10-7-2/h23-30,33-35H,6-22,31-32H2,1-5H3. The summed E-state index contributed by atoms with van der Waals surface area (Å²) in [6.07, 6.45) is 22.4. The van der Waals surface area contributed by atoms with Crippen LogP contribution in [0.1, 0.15) is 154 Å². The van der Waals surface area contributed by atoms with Gasteiger partial charge in [0, 0.05) is 0 Å². The van der Waals surface area contributed by atoms with Crippen LogP contribution in [0.5, 0.6) is 11.5 Å². The second kappa shape index (κ2) is 23.2. The predicted molar refractivity (Wildman–Crippen MR) is 202 cm³/mol. The van der Waals surface area contributed by atoms with E-state index < -0.39 is 0 Å². The quantitative estimate of drug-likeness (QED) is 0.0683. The lowest BCUT2D eigenvalue weighted by Gasteiger charge is -2.16. The number of hydrogen-bond donors (Lipinski definition) is 0. The third-order valence-corrected chi connectivity index (χ3v) is 9.31. The van der Waals surface area contributed by atoms with Crippen LogP contribution in [0, 0.1) is 6.92 Å². The monoisotopic (exact) mass is 640 g/mol. The molecule has 0 aliphatic carbocycles. The molecule has 0 amide bonds. The van der Waals surface area contributed by atoms with E-state index in [9.17, 15) is 0 Å². The maximum Gasteiger partial charge on any atom is 0.122 e. The highest BCUT2D eigenvalue weighted by atomic mass is 16.5. The Bertz CT molecular complexity index is 1280. The Labute approximate surface area is 287 Å². The van der Waals surface area contributed by atoms with Gasteiger partial charge >= 0.3 is 0 Å². The predicted octanol–water partition coefficient (Wildman–Crippen LogP) is 14.6. The van der Waals surface area contributed by atoms with Crippen LogP contribution in [0.3, 0.4) is 0 Å². The lowest BCUT2D eigenvalue weighted by atomic mass is 9.97. The van der Waals surface area contributed by atoms with E-state index >= 15 is 0 Å². The molecule has 0 bridgehead atoms. The first-order valence-corrected chi connectivity index (χ1v) is 19.1. The lowest BCUT2D eigenvalue weighted by molar-refractivity contribution is 0.299. The number of aryl methyl sites for hydroxylation is 1. The number of ether oxygens (including phenoxy) is 2. The van der Waals surface area contributed by atoms with Gasteiger partial charge in [-0.3, -0.25) is 0 Å². The SMILES string of the molecule is CCCCCCCCCCCCCCCCOc1ccc(N=Nc2ccc(-c3ccc(OCCCC)cc3)c(C)c2)cc1C(C)CC. The fraction of sp³-hybridized carbons (Fsp3) is 0.581. The van der Waals surface area contributed by atoms with E-state index in [1.54, 1.807) is 0 Å². The van der Waals surface area contributed by atoms with Crippen molar-refractivity contribution in [1.82, 2.24) is 0 Å². The van der Waals surface area contributed by atoms with Crippen LogP contribution in [-0.4, -0.2) is 13.2 Å². The molecule has 0 radical (unpaired) electrons. The second-order valence-electron chi connectivity index (χ2n) is 13.4. The van der Waals surface area contributed by atoms with Gasteiger partial charge < -0.3 is 9.47 Å². The molecule has 0 N–H and O–H groups in total. The van der Waals surface area contributed by atoms with Gasteiger partial charge in [-0.25, -0.2) is 0 Å². The van der Waals surface area contributed by atoms with E-state index in [-0.39, 0.29) is 0 Å². The van der Waals surface area contributed by atoms with Gasteiger partial charge in [0.05, 0.1) is 24.6 Å². The first-order valence-electron chi connectivity index (χ1n) is 19.1. The maximum absolute atomic E-state index is 6.31. The maximum atomic E-state index is 6.31. The van der Waals surface area contributed by atoms with Crippen LogP contribution >= 0.6 is 0 Å². The van der Waals surface area contributed by atoms with Crippen molar-refractivity contribution in [2.75, 3.05) is 13.2 Å². The molecule has 258 valence electrons. The summed E-state index contributed by atoms with van der Waals surface area (Å²) in [4.78, 5) is 0. The first-order chi connectivity index (χ1) is 23.0. The molecule has 0 fully saturated rings. The van der Waals surface area contributed by atoms with Crippen molar-refractivity contribution in [2.45, 2.75) is 150 Å². The van der Waals surface area contributed by atoms with Gasteiger partial charge in [0.15, 0.2) is 0 Å². The zero-order chi connectivity index (χ0) is 33.5. The van der Waals surface area contributed by atoms with Crippen molar-refractivity contribution in [3.8, 4) is 22.6 Å². The van der Waals surface area contributed by atoms with Gasteiger partial charge in [-0.2, -0.15) is 10.2 Å². The van der Waals surface area contributed by atoms with Crippen LogP contribution < -0.4 is 9.47 Å². The summed E-state index contributed by atoms with van der Waals surface area (Å²) in [5, 5.41) is 9.21. The highest BCUT2D eigenvalue weighted by Gasteiger charge is 2.12. The Kier molecular flexibility index (Phi) is 18.9. The molecule has 3 rings (SSSR count). The normalized spacial score (nSPS) is 12.1. The Balaban J connectivity index is 1.42. The molecule has 4 heteroatoms. The summed E-state index contributed by atoms with van der Waals surface area (Å²) in [7, 11) is 0. The molecule has 1 atom stereocenters. The Morgan fingerprint density at radius 1 is 0.553 bits per heavy atom. The average Bonchev–Trinajstić information content (AvgIpc) is 3.09. The minimum Gasteiger partial charge on any atom is -0.494 e. The second-order valence-corrected chi connectivity index (χ2v) is 13.4. The summed E-state index contributed by atoms with van der Waals surface area (Å²) in [5.41, 5.74) is 6.50. The van der Waals surface area contributed by atoms with Gasteiger partial charge in [0.1, 0.15) is 11.5 Å². The summed E-state index contributed by atoms with van der Waals surface area (Å²) < 4.78 is 12.1. The van der Waals surface area contributed by atoms with E-state index in [4.69, 9.17) is 9.47 Å². The van der Waals surface area contributed by atoms with Crippen molar-refractivity contribution >= 4 is 11.4 Å². The third-order valence-electron chi connectivity index (χ3n) is 9.31. The van der Waals surface area contributed by atoms with E-state index in [0.717, 1.165) is 61.8 Å². The molecule has 0 aliphatic heterocycles. The molecule has 0 saturated heterocycles. The number of unbranched alkanes of at least 4 members (excludes halogenated alkanes) is 14. The molecule has 47 heavy (non-hydrogen) atoms. The van der Waals surface area contributed by atoms with Gasteiger partial charge in [0.25, 0.3) is 0 Å². The summed E-state index contributed by atoms with van der Waals surface area (Å²) in [6, 6.07) is 20.9. The Hall–Kier alpha value is -3.14. The number of hydrogen-bond acceptors (Lipinski definition) is 4. The molecule has 1 unspecified atom stereocenters. The van der Waals surface area contributed by atoms with Crippen molar-refractivity contribution in [1.29, 1.82) is 0 Å². The molecule has 0 spiro atoms. The summed E-state index contributed by atoms with van der Waals surface area (Å²) in [6.45, 7) is 12.6. The minimum atomic E-state index is 0.404. The molecule has 0 saturated carbocycles. The molecular formula is C43H64N2O2. The van der Waals surface area contributed by atoms with Crippen LogP contribution in [0.25, 0.3) is 11.1 Å². The van der Waals surface area contributed by atoms with Crippen molar-refractivity contribution in [2.24, 2.45) is 10.2 Å². The number of nitrogens with zero attached hydrogens (tertiary/aromatic N) is 2. The van der Waals surface area contributed by atoms with Crippen molar-refractivity contribution < 1.29 is 9.47 Å². The molecule has 3 aromatic rings. The number of rotatable bonds is 25. The van der Waals surface area contributed by atoms with E-state index in [1.807, 2.05) is 12.1 Å². The largest absolute Gasteiger partial charge is 0.494 e. The van der Waals surface area contributed by atoms with Gasteiger partial charge in [-0.1, -0.05) is 136 Å². The molecule has 0 aromatic heterocycles. The molecule has 4 nitrogen and oxygen atoms in total. The van der Waals surface area contributed by atoms with Gasteiger partial charge in [0.2, 0.25) is 0 Å². The molecular weight excluding hydrogens is 576 g/mol. The molecule has 3 aromatic carbocycles. The fourth-order valence-corrected chi connectivity index (χ4v) is 6.03. The number of azo groups is 1. The average molecular weight is 641 g/mol. The van der Waals surface area contributed by atoms with Gasteiger partial charge in [-0.05, 0) is 96.8 Å². The lowest BCUT2D eigenvalue weighted by Crippen LogP contribution is -2.02. The van der Waals surface area contributed by atoms with Crippen LogP contribution in [0.15, 0.2) is 70.9 Å². The van der Waals surface area contributed by atoms with E-state index in [2.05, 4.69) is 93.4 Å². The number of benzene rings is 3. The molecule has 0 heterocycles. The Morgan fingerprint density at radius 2 is 1.09 bits per heavy atom. The zero-order valence-corrected chi connectivity index (χ0v) is 30.5. The highest BCUT2D eigenvalue weighted by molar-refractivity contribution is 5.70. The Morgan fingerprint density at radius 3 is 1.66 bits per heavy atom. The van der Waals surface area contributed by atoms with Crippen molar-refractivity contribution in [3.05, 3.63) is 71.8 Å². The fourth-order valence-electron chi connectivity index (χ4n) is 6.03. The van der Waals surface area contributed by atoms with Gasteiger partial charge in [-0.15, -0.1) is 0 Å². The highest BCUT2D eigenvalue weighted by Crippen LogP contribution is 2.34. The summed E-state index contributed by atoms with van der Waals surface area (Å²) >= 11 is 0. The third kappa shape index (κ3) is 14.7. The van der Waals surface area contributed by atoms with Crippen LogP contribution in [0.2, 0.25) is 0 Å². The zero-order valence-electron chi connectivity index (χ0n) is 30.5.